The summed E-state index contributed by atoms with van der Waals surface area (Å²) >= 11 is 0. The smallest absolute Gasteiger partial charge is 0.255 e. The normalized spacial score (nSPS) is 10.2. The van der Waals surface area contributed by atoms with E-state index in [1.807, 2.05) is 24.3 Å². The van der Waals surface area contributed by atoms with E-state index in [1.165, 1.54) is 0 Å². The number of nitrogens with two attached hydrogens (primary N) is 2. The molecule has 5 N–H and O–H groups in total. The van der Waals surface area contributed by atoms with Crippen molar-refractivity contribution in [3.05, 3.63) is 59.3 Å². The van der Waals surface area contributed by atoms with Crippen LogP contribution in [0.4, 0.5) is 5.82 Å². The largest absolute Gasteiger partial charge is 0.383 e. The molecule has 0 saturated carbocycles. The highest BCUT2D eigenvalue weighted by molar-refractivity contribution is 5.98. The summed E-state index contributed by atoms with van der Waals surface area (Å²) in [5.41, 5.74) is 13.6. The number of aromatic nitrogens is 1. The van der Waals surface area contributed by atoms with Crippen molar-refractivity contribution in [2.75, 3.05) is 5.73 Å². The Bertz CT molecular complexity index is 566. The third kappa shape index (κ3) is 3.29. The SMILES string of the molecule is NCc1ccc(CNC(=O)c2cccnc2N)cc1. The van der Waals surface area contributed by atoms with Crippen molar-refractivity contribution in [1.82, 2.24) is 10.3 Å². The molecule has 2 rings (SSSR count). The van der Waals surface area contributed by atoms with Gasteiger partial charge in [-0.15, -0.1) is 0 Å². The molecule has 1 aromatic heterocycles. The summed E-state index contributed by atoms with van der Waals surface area (Å²) in [7, 11) is 0. The van der Waals surface area contributed by atoms with Gasteiger partial charge in [-0.3, -0.25) is 4.79 Å². The second-order valence-electron chi connectivity index (χ2n) is 4.14. The molecule has 0 atom stereocenters. The average molecular weight is 256 g/mol. The summed E-state index contributed by atoms with van der Waals surface area (Å²) in [5.74, 6) is 0.00646. The van der Waals surface area contributed by atoms with Crippen molar-refractivity contribution in [3.8, 4) is 0 Å². The Kier molecular flexibility index (Phi) is 4.10. The molecular formula is C14H16N4O. The fourth-order valence-electron chi connectivity index (χ4n) is 1.68. The van der Waals surface area contributed by atoms with E-state index in [-0.39, 0.29) is 11.7 Å². The van der Waals surface area contributed by atoms with Crippen molar-refractivity contribution in [2.24, 2.45) is 5.73 Å². The second-order valence-corrected chi connectivity index (χ2v) is 4.14. The maximum Gasteiger partial charge on any atom is 0.255 e. The molecule has 0 bridgehead atoms. The number of hydrogen-bond donors (Lipinski definition) is 3. The van der Waals surface area contributed by atoms with Crippen LogP contribution in [0.5, 0.6) is 0 Å². The Labute approximate surface area is 111 Å². The van der Waals surface area contributed by atoms with Crippen LogP contribution in [0.1, 0.15) is 21.5 Å². The molecule has 0 aliphatic heterocycles. The van der Waals surface area contributed by atoms with Crippen molar-refractivity contribution in [2.45, 2.75) is 13.1 Å². The number of carbonyl (C=O) groups is 1. The first-order chi connectivity index (χ1) is 9.20. The molecule has 0 radical (unpaired) electrons. The standard InChI is InChI=1S/C14H16N4O/c15-8-10-3-5-11(6-4-10)9-18-14(19)12-2-1-7-17-13(12)16/h1-7H,8-9,15H2,(H2,16,17)(H,18,19). The zero-order valence-electron chi connectivity index (χ0n) is 10.5. The maximum atomic E-state index is 11.9. The van der Waals surface area contributed by atoms with Crippen LogP contribution in [0.25, 0.3) is 0 Å². The lowest BCUT2D eigenvalue weighted by Gasteiger charge is -2.07. The van der Waals surface area contributed by atoms with Crippen LogP contribution in [0, 0.1) is 0 Å². The minimum absolute atomic E-state index is 0.228. The summed E-state index contributed by atoms with van der Waals surface area (Å²) in [6.45, 7) is 0.955. The van der Waals surface area contributed by atoms with E-state index < -0.39 is 0 Å². The molecule has 5 heteroatoms. The van der Waals surface area contributed by atoms with Gasteiger partial charge in [0.05, 0.1) is 5.56 Å². The van der Waals surface area contributed by atoms with E-state index in [2.05, 4.69) is 10.3 Å². The summed E-state index contributed by atoms with van der Waals surface area (Å²) in [6.07, 6.45) is 1.55. The van der Waals surface area contributed by atoms with Crippen LogP contribution in [0.3, 0.4) is 0 Å². The van der Waals surface area contributed by atoms with Gasteiger partial charge >= 0.3 is 0 Å². The van der Waals surface area contributed by atoms with Crippen LogP contribution in [0.15, 0.2) is 42.6 Å². The van der Waals surface area contributed by atoms with Crippen LogP contribution in [-0.4, -0.2) is 10.9 Å². The van der Waals surface area contributed by atoms with Gasteiger partial charge in [-0.05, 0) is 23.3 Å². The number of benzene rings is 1. The first-order valence-corrected chi connectivity index (χ1v) is 5.97. The fourth-order valence-corrected chi connectivity index (χ4v) is 1.68. The van der Waals surface area contributed by atoms with Gasteiger partial charge < -0.3 is 16.8 Å². The highest BCUT2D eigenvalue weighted by Crippen LogP contribution is 2.08. The summed E-state index contributed by atoms with van der Waals surface area (Å²) in [4.78, 5) is 15.8. The summed E-state index contributed by atoms with van der Waals surface area (Å²) in [5, 5.41) is 2.80. The molecule has 19 heavy (non-hydrogen) atoms. The predicted octanol–water partition coefficient (Wildman–Crippen LogP) is 1.05. The Morgan fingerprint density at radius 3 is 2.47 bits per heavy atom. The number of hydrogen-bond acceptors (Lipinski definition) is 4. The first-order valence-electron chi connectivity index (χ1n) is 5.97. The van der Waals surface area contributed by atoms with Gasteiger partial charge in [0.15, 0.2) is 0 Å². The molecule has 0 unspecified atom stereocenters. The number of carbonyl (C=O) groups excluding carboxylic acids is 1. The van der Waals surface area contributed by atoms with Crippen LogP contribution in [0.2, 0.25) is 0 Å². The zero-order valence-corrected chi connectivity index (χ0v) is 10.5. The lowest BCUT2D eigenvalue weighted by Crippen LogP contribution is -2.24. The van der Waals surface area contributed by atoms with E-state index in [9.17, 15) is 4.79 Å². The van der Waals surface area contributed by atoms with Crippen LogP contribution < -0.4 is 16.8 Å². The number of anilines is 1. The van der Waals surface area contributed by atoms with Gasteiger partial charge in [0.2, 0.25) is 0 Å². The first kappa shape index (κ1) is 13.0. The number of amides is 1. The molecule has 1 aromatic carbocycles. The van der Waals surface area contributed by atoms with Crippen LogP contribution in [-0.2, 0) is 13.1 Å². The Morgan fingerprint density at radius 2 is 1.84 bits per heavy atom. The molecular weight excluding hydrogens is 240 g/mol. The van der Waals surface area contributed by atoms with Gasteiger partial charge in [-0.25, -0.2) is 4.98 Å². The van der Waals surface area contributed by atoms with Gasteiger partial charge in [0.1, 0.15) is 5.82 Å². The minimum Gasteiger partial charge on any atom is -0.383 e. The highest BCUT2D eigenvalue weighted by Gasteiger charge is 2.09. The van der Waals surface area contributed by atoms with Crippen molar-refractivity contribution in [3.63, 3.8) is 0 Å². The summed E-state index contributed by atoms with van der Waals surface area (Å²) in [6, 6.07) is 11.1. The molecule has 0 aliphatic carbocycles. The molecule has 1 heterocycles. The van der Waals surface area contributed by atoms with E-state index in [0.29, 0.717) is 18.7 Å². The molecule has 0 fully saturated rings. The third-order valence-electron chi connectivity index (χ3n) is 2.79. The van der Waals surface area contributed by atoms with Crippen molar-refractivity contribution in [1.29, 1.82) is 0 Å². The predicted molar refractivity (Wildman–Crippen MR) is 74.2 cm³/mol. The van der Waals surface area contributed by atoms with Gasteiger partial charge in [-0.1, -0.05) is 24.3 Å². The highest BCUT2D eigenvalue weighted by atomic mass is 16.1. The molecule has 5 nitrogen and oxygen atoms in total. The number of nitrogens with one attached hydrogen (secondary N) is 1. The van der Waals surface area contributed by atoms with E-state index in [4.69, 9.17) is 11.5 Å². The fraction of sp³-hybridized carbons (Fsp3) is 0.143. The maximum absolute atomic E-state index is 11.9. The number of rotatable bonds is 4. The van der Waals surface area contributed by atoms with Crippen LogP contribution >= 0.6 is 0 Å². The molecule has 0 aliphatic rings. The van der Waals surface area contributed by atoms with E-state index in [1.54, 1.807) is 18.3 Å². The third-order valence-corrected chi connectivity index (χ3v) is 2.79. The quantitative estimate of drug-likeness (QED) is 0.762. The average Bonchev–Trinajstić information content (AvgIpc) is 2.46. The number of nitrogen functional groups attached to an aromatic ring is 1. The Hall–Kier alpha value is -2.40. The molecule has 98 valence electrons. The Morgan fingerprint density at radius 1 is 1.16 bits per heavy atom. The van der Waals surface area contributed by atoms with Gasteiger partial charge in [-0.2, -0.15) is 0 Å². The summed E-state index contributed by atoms with van der Waals surface area (Å²) < 4.78 is 0. The minimum atomic E-state index is -0.228. The molecule has 1 amide bonds. The van der Waals surface area contributed by atoms with Gasteiger partial charge in [0, 0.05) is 19.3 Å². The van der Waals surface area contributed by atoms with Gasteiger partial charge in [0.25, 0.3) is 5.91 Å². The van der Waals surface area contributed by atoms with Crippen molar-refractivity contribution < 1.29 is 4.79 Å². The monoisotopic (exact) mass is 256 g/mol. The number of nitrogens with zero attached hydrogens (tertiary/aromatic N) is 1. The topological polar surface area (TPSA) is 94.0 Å². The number of pyridine rings is 1. The van der Waals surface area contributed by atoms with Crippen molar-refractivity contribution >= 4 is 11.7 Å². The lowest BCUT2D eigenvalue weighted by molar-refractivity contribution is 0.0951. The molecule has 0 spiro atoms. The Balaban J connectivity index is 1.98. The van der Waals surface area contributed by atoms with E-state index in [0.717, 1.165) is 11.1 Å². The zero-order chi connectivity index (χ0) is 13.7. The second kappa shape index (κ2) is 5.97. The molecule has 2 aromatic rings. The lowest BCUT2D eigenvalue weighted by atomic mass is 10.1. The van der Waals surface area contributed by atoms with E-state index >= 15 is 0 Å². The molecule has 0 saturated heterocycles.